The van der Waals surface area contributed by atoms with Gasteiger partial charge >= 0.3 is 0 Å². The van der Waals surface area contributed by atoms with Gasteiger partial charge in [0.15, 0.2) is 0 Å². The second-order valence-electron chi connectivity index (χ2n) is 3.92. The van der Waals surface area contributed by atoms with Crippen LogP contribution < -0.4 is 5.32 Å². The normalized spacial score (nSPS) is 15.2. The molecule has 0 radical (unpaired) electrons. The summed E-state index contributed by atoms with van der Waals surface area (Å²) in [5.41, 5.74) is 0. The van der Waals surface area contributed by atoms with Crippen LogP contribution in [0.5, 0.6) is 0 Å². The first-order valence-electron chi connectivity index (χ1n) is 5.65. The molecule has 15 heavy (non-hydrogen) atoms. The molecule has 3 heteroatoms. The van der Waals surface area contributed by atoms with Crippen LogP contribution >= 0.6 is 22.9 Å². The van der Waals surface area contributed by atoms with E-state index in [1.165, 1.54) is 11.3 Å². The van der Waals surface area contributed by atoms with Gasteiger partial charge in [0, 0.05) is 10.9 Å². The van der Waals surface area contributed by atoms with Gasteiger partial charge in [-0.2, -0.15) is 0 Å². The van der Waals surface area contributed by atoms with Crippen LogP contribution in [0.4, 0.5) is 0 Å². The van der Waals surface area contributed by atoms with Gasteiger partial charge < -0.3 is 5.32 Å². The lowest BCUT2D eigenvalue weighted by Crippen LogP contribution is -2.34. The van der Waals surface area contributed by atoms with Crippen LogP contribution in [-0.2, 0) is 6.42 Å². The van der Waals surface area contributed by atoms with E-state index in [9.17, 15) is 0 Å². The lowest BCUT2D eigenvalue weighted by Gasteiger charge is -2.22. The van der Waals surface area contributed by atoms with E-state index in [-0.39, 0.29) is 0 Å². The van der Waals surface area contributed by atoms with Crippen LogP contribution in [0.15, 0.2) is 12.1 Å². The summed E-state index contributed by atoms with van der Waals surface area (Å²) < 4.78 is 0.899. The van der Waals surface area contributed by atoms with E-state index in [4.69, 9.17) is 11.6 Å². The molecule has 0 fully saturated rings. The fraction of sp³-hybridized carbons (Fsp3) is 0.667. The summed E-state index contributed by atoms with van der Waals surface area (Å²) in [6.45, 7) is 7.73. The van der Waals surface area contributed by atoms with Crippen molar-refractivity contribution < 1.29 is 0 Å². The van der Waals surface area contributed by atoms with E-state index >= 15 is 0 Å². The summed E-state index contributed by atoms with van der Waals surface area (Å²) in [5.74, 6) is 0.708. The lowest BCUT2D eigenvalue weighted by atomic mass is 9.94. The summed E-state index contributed by atoms with van der Waals surface area (Å²) in [5, 5.41) is 3.50. The second-order valence-corrected chi connectivity index (χ2v) is 5.72. The average molecular weight is 246 g/mol. The molecule has 1 nitrogen and oxygen atoms in total. The molecule has 1 heterocycles. The number of thiophene rings is 1. The molecule has 0 amide bonds. The Labute approximate surface area is 102 Å². The Bertz CT molecular complexity index is 285. The molecule has 1 N–H and O–H groups in total. The van der Waals surface area contributed by atoms with Crippen molar-refractivity contribution in [3.63, 3.8) is 0 Å². The Kier molecular flexibility index (Phi) is 5.65. The fourth-order valence-corrected chi connectivity index (χ4v) is 3.06. The van der Waals surface area contributed by atoms with Gasteiger partial charge in [-0.1, -0.05) is 31.9 Å². The van der Waals surface area contributed by atoms with E-state index in [0.717, 1.165) is 17.3 Å². The highest BCUT2D eigenvalue weighted by Gasteiger charge is 2.15. The Morgan fingerprint density at radius 3 is 2.60 bits per heavy atom. The quantitative estimate of drug-likeness (QED) is 0.800. The molecule has 0 aliphatic rings. The highest BCUT2D eigenvalue weighted by atomic mass is 35.5. The Balaban J connectivity index is 2.53. The second kappa shape index (κ2) is 6.51. The Hall–Kier alpha value is -0.0500. The van der Waals surface area contributed by atoms with Gasteiger partial charge in [-0.05, 0) is 37.9 Å². The molecule has 2 atom stereocenters. The van der Waals surface area contributed by atoms with Gasteiger partial charge in [0.1, 0.15) is 0 Å². The van der Waals surface area contributed by atoms with E-state index in [2.05, 4.69) is 32.2 Å². The minimum absolute atomic E-state index is 0.584. The number of halogens is 1. The van der Waals surface area contributed by atoms with Crippen molar-refractivity contribution in [3.05, 3.63) is 21.3 Å². The average Bonchev–Trinajstić information content (AvgIpc) is 2.61. The highest BCUT2D eigenvalue weighted by molar-refractivity contribution is 7.16. The molecule has 0 spiro atoms. The Morgan fingerprint density at radius 2 is 2.13 bits per heavy atom. The predicted molar refractivity (Wildman–Crippen MR) is 70.0 cm³/mol. The molecule has 1 aromatic rings. The van der Waals surface area contributed by atoms with Crippen LogP contribution in [0.25, 0.3) is 0 Å². The van der Waals surface area contributed by atoms with Crippen molar-refractivity contribution in [2.24, 2.45) is 5.92 Å². The molecule has 1 aromatic heterocycles. The summed E-state index contributed by atoms with van der Waals surface area (Å²) >= 11 is 7.64. The summed E-state index contributed by atoms with van der Waals surface area (Å²) in [6.07, 6.45) is 2.35. The van der Waals surface area contributed by atoms with Crippen LogP contribution in [0.2, 0.25) is 4.34 Å². The van der Waals surface area contributed by atoms with Crippen molar-refractivity contribution >= 4 is 22.9 Å². The smallest absolute Gasteiger partial charge is 0.0931 e. The van der Waals surface area contributed by atoms with Crippen LogP contribution in [0.1, 0.15) is 32.1 Å². The van der Waals surface area contributed by atoms with Crippen molar-refractivity contribution in [1.82, 2.24) is 5.32 Å². The van der Waals surface area contributed by atoms with Gasteiger partial charge in [0.05, 0.1) is 4.34 Å². The maximum Gasteiger partial charge on any atom is 0.0931 e. The molecular formula is C12H20ClNS. The zero-order valence-electron chi connectivity index (χ0n) is 9.72. The summed E-state index contributed by atoms with van der Waals surface area (Å²) in [4.78, 5) is 1.40. The lowest BCUT2D eigenvalue weighted by molar-refractivity contribution is 0.369. The van der Waals surface area contributed by atoms with E-state index in [1.807, 2.05) is 6.07 Å². The van der Waals surface area contributed by atoms with Crippen LogP contribution in [-0.4, -0.2) is 12.6 Å². The number of hydrogen-bond donors (Lipinski definition) is 1. The molecular weight excluding hydrogens is 226 g/mol. The zero-order valence-corrected chi connectivity index (χ0v) is 11.3. The monoisotopic (exact) mass is 245 g/mol. The molecule has 0 aliphatic carbocycles. The SMILES string of the molecule is CCNC(C)C(CC)Cc1ccc(Cl)s1. The molecule has 0 saturated carbocycles. The molecule has 1 rings (SSSR count). The van der Waals surface area contributed by atoms with Gasteiger partial charge in [-0.15, -0.1) is 11.3 Å². The summed E-state index contributed by atoms with van der Waals surface area (Å²) in [6, 6.07) is 4.72. The van der Waals surface area contributed by atoms with Gasteiger partial charge in [0.2, 0.25) is 0 Å². The molecule has 0 bridgehead atoms. The summed E-state index contributed by atoms with van der Waals surface area (Å²) in [7, 11) is 0. The van der Waals surface area contributed by atoms with Crippen molar-refractivity contribution in [2.45, 2.75) is 39.7 Å². The Morgan fingerprint density at radius 1 is 1.40 bits per heavy atom. The zero-order chi connectivity index (χ0) is 11.3. The molecule has 0 aliphatic heterocycles. The molecule has 2 unspecified atom stereocenters. The van der Waals surface area contributed by atoms with Crippen molar-refractivity contribution in [2.75, 3.05) is 6.54 Å². The molecule has 86 valence electrons. The molecule has 0 saturated heterocycles. The third kappa shape index (κ3) is 4.13. The van der Waals surface area contributed by atoms with Crippen LogP contribution in [0, 0.1) is 5.92 Å². The first-order chi connectivity index (χ1) is 7.17. The maximum atomic E-state index is 5.93. The topological polar surface area (TPSA) is 12.0 Å². The van der Waals surface area contributed by atoms with Gasteiger partial charge in [-0.3, -0.25) is 0 Å². The third-order valence-electron chi connectivity index (χ3n) is 2.85. The first kappa shape index (κ1) is 13.0. The standard InChI is InChI=1S/C12H20ClNS/c1-4-10(9(3)14-5-2)8-11-6-7-12(13)15-11/h6-7,9-10,14H,4-5,8H2,1-3H3. The van der Waals surface area contributed by atoms with Crippen molar-refractivity contribution in [3.8, 4) is 0 Å². The highest BCUT2D eigenvalue weighted by Crippen LogP contribution is 2.25. The van der Waals surface area contributed by atoms with Crippen molar-refractivity contribution in [1.29, 1.82) is 0 Å². The van der Waals surface area contributed by atoms with E-state index in [1.54, 1.807) is 11.3 Å². The first-order valence-corrected chi connectivity index (χ1v) is 6.84. The van der Waals surface area contributed by atoms with Gasteiger partial charge in [0.25, 0.3) is 0 Å². The molecule has 0 aromatic carbocycles. The predicted octanol–water partition coefficient (Wildman–Crippen LogP) is 3.97. The van der Waals surface area contributed by atoms with E-state index in [0.29, 0.717) is 12.0 Å². The number of nitrogens with one attached hydrogen (secondary N) is 1. The fourth-order valence-electron chi connectivity index (χ4n) is 1.88. The van der Waals surface area contributed by atoms with E-state index < -0.39 is 0 Å². The largest absolute Gasteiger partial charge is 0.314 e. The number of hydrogen-bond acceptors (Lipinski definition) is 2. The number of rotatable bonds is 6. The minimum Gasteiger partial charge on any atom is -0.314 e. The van der Waals surface area contributed by atoms with Gasteiger partial charge in [-0.25, -0.2) is 0 Å². The van der Waals surface area contributed by atoms with Crippen LogP contribution in [0.3, 0.4) is 0 Å². The minimum atomic E-state index is 0.584. The maximum absolute atomic E-state index is 5.93. The third-order valence-corrected chi connectivity index (χ3v) is 4.10.